The molecule has 0 spiro atoms. The predicted molar refractivity (Wildman–Crippen MR) is 172 cm³/mol. The number of amides is 2. The molecular formula is C32H36N6O3S2. The van der Waals surface area contributed by atoms with Crippen LogP contribution in [0.15, 0.2) is 42.6 Å². The molecule has 2 aliphatic heterocycles. The second-order valence-electron chi connectivity index (χ2n) is 11.4. The van der Waals surface area contributed by atoms with Crippen molar-refractivity contribution in [3.05, 3.63) is 79.2 Å². The Labute approximate surface area is 260 Å². The van der Waals surface area contributed by atoms with E-state index in [0.717, 1.165) is 68.5 Å². The molecule has 2 aromatic heterocycles. The summed E-state index contributed by atoms with van der Waals surface area (Å²) in [5, 5.41) is 10.2. The number of thiazole rings is 2. The number of aromatic nitrogens is 2. The molecule has 0 unspecified atom stereocenters. The third-order valence-electron chi connectivity index (χ3n) is 8.01. The summed E-state index contributed by atoms with van der Waals surface area (Å²) >= 11 is 2.89. The molecule has 224 valence electrons. The van der Waals surface area contributed by atoms with Gasteiger partial charge in [0.15, 0.2) is 10.0 Å². The van der Waals surface area contributed by atoms with Gasteiger partial charge in [0.2, 0.25) is 0 Å². The number of aryl methyl sites for hydroxylation is 1. The molecule has 0 radical (unpaired) electrons. The van der Waals surface area contributed by atoms with Crippen LogP contribution in [0.25, 0.3) is 11.1 Å². The molecule has 0 fully saturated rings. The van der Waals surface area contributed by atoms with Crippen molar-refractivity contribution in [1.82, 2.24) is 19.8 Å². The first-order chi connectivity index (χ1) is 20.7. The van der Waals surface area contributed by atoms with Crippen molar-refractivity contribution in [3.63, 3.8) is 0 Å². The van der Waals surface area contributed by atoms with Crippen LogP contribution >= 0.6 is 22.7 Å². The molecule has 0 bridgehead atoms. The smallest absolute Gasteiger partial charge is 0.287 e. The van der Waals surface area contributed by atoms with E-state index in [1.807, 2.05) is 67.0 Å². The van der Waals surface area contributed by atoms with Crippen LogP contribution in [0.3, 0.4) is 0 Å². The summed E-state index contributed by atoms with van der Waals surface area (Å²) in [7, 11) is 5.97. The SMILES string of the molecule is Cc1nc(C(=O)N2CCc3c(-c4cccc5c4CCN5C(=O)c4ncc(CN(C)CCO)s4)cccc32)sc1CN(C)C. The fourth-order valence-electron chi connectivity index (χ4n) is 5.97. The van der Waals surface area contributed by atoms with E-state index in [1.54, 1.807) is 6.20 Å². The molecule has 0 atom stereocenters. The van der Waals surface area contributed by atoms with Gasteiger partial charge in [0.1, 0.15) is 0 Å². The molecule has 4 aromatic rings. The summed E-state index contributed by atoms with van der Waals surface area (Å²) in [6, 6.07) is 12.3. The summed E-state index contributed by atoms with van der Waals surface area (Å²) < 4.78 is 0. The Hall–Kier alpha value is -3.48. The predicted octanol–water partition coefficient (Wildman–Crippen LogP) is 4.47. The highest BCUT2D eigenvalue weighted by Crippen LogP contribution is 2.42. The molecule has 43 heavy (non-hydrogen) atoms. The number of carbonyl (C=O) groups is 2. The monoisotopic (exact) mass is 616 g/mol. The molecule has 2 aliphatic rings. The van der Waals surface area contributed by atoms with Gasteiger partial charge >= 0.3 is 0 Å². The lowest BCUT2D eigenvalue weighted by molar-refractivity contribution is 0.0981. The van der Waals surface area contributed by atoms with Gasteiger partial charge in [0.25, 0.3) is 11.8 Å². The van der Waals surface area contributed by atoms with E-state index in [0.29, 0.717) is 36.2 Å². The summed E-state index contributed by atoms with van der Waals surface area (Å²) in [6.45, 7) is 5.26. The molecular weight excluding hydrogens is 581 g/mol. The second kappa shape index (κ2) is 12.3. The molecule has 6 rings (SSSR count). The number of anilines is 2. The highest BCUT2D eigenvalue weighted by atomic mass is 32.1. The van der Waals surface area contributed by atoms with Crippen LogP contribution in [0.4, 0.5) is 11.4 Å². The number of hydrogen-bond donors (Lipinski definition) is 1. The maximum atomic E-state index is 13.6. The maximum absolute atomic E-state index is 13.6. The third-order valence-corrected chi connectivity index (χ3v) is 10.1. The van der Waals surface area contributed by atoms with Crippen molar-refractivity contribution < 1.29 is 14.7 Å². The zero-order valence-corrected chi connectivity index (χ0v) is 26.6. The minimum absolute atomic E-state index is 0.0468. The number of aliphatic hydroxyl groups excluding tert-OH is 1. The number of carbonyl (C=O) groups excluding carboxylic acids is 2. The van der Waals surface area contributed by atoms with Gasteiger partial charge < -0.3 is 19.8 Å². The number of rotatable bonds is 9. The molecule has 2 aromatic carbocycles. The van der Waals surface area contributed by atoms with E-state index in [9.17, 15) is 14.7 Å². The van der Waals surface area contributed by atoms with Crippen LogP contribution in [-0.4, -0.2) is 84.1 Å². The Morgan fingerprint density at radius 1 is 0.884 bits per heavy atom. The minimum atomic E-state index is -0.0839. The van der Waals surface area contributed by atoms with Crippen LogP contribution in [0.2, 0.25) is 0 Å². The first kappa shape index (κ1) is 29.6. The van der Waals surface area contributed by atoms with E-state index < -0.39 is 0 Å². The van der Waals surface area contributed by atoms with Crippen molar-refractivity contribution in [2.24, 2.45) is 0 Å². The van der Waals surface area contributed by atoms with Crippen LogP contribution in [0.5, 0.6) is 0 Å². The Bertz CT molecular complexity index is 1680. The summed E-state index contributed by atoms with van der Waals surface area (Å²) in [5.41, 5.74) is 7.32. The maximum Gasteiger partial charge on any atom is 0.287 e. The van der Waals surface area contributed by atoms with Crippen LogP contribution in [-0.2, 0) is 25.9 Å². The average Bonchev–Trinajstić information content (AvgIpc) is 3.78. The van der Waals surface area contributed by atoms with E-state index in [-0.39, 0.29) is 18.4 Å². The third kappa shape index (κ3) is 5.75. The summed E-state index contributed by atoms with van der Waals surface area (Å²) in [6.07, 6.45) is 3.29. The lowest BCUT2D eigenvalue weighted by Gasteiger charge is -2.18. The quantitative estimate of drug-likeness (QED) is 0.297. The van der Waals surface area contributed by atoms with Crippen molar-refractivity contribution in [2.75, 3.05) is 57.2 Å². The van der Waals surface area contributed by atoms with Crippen molar-refractivity contribution >= 4 is 45.9 Å². The Kier molecular flexibility index (Phi) is 8.43. The van der Waals surface area contributed by atoms with Gasteiger partial charge in [-0.3, -0.25) is 14.5 Å². The molecule has 0 saturated heterocycles. The standard InChI is InChI=1S/C32H36N6O3S2/c1-20-28(19-35(2)3)43-30(34-20)32(41)38-14-12-25-23(8-6-10-27(25)38)22-7-5-9-26-24(22)11-13-37(26)31(40)29-33-17-21(42-29)18-36(4)15-16-39/h5-10,17,39H,11-16,18-19H2,1-4H3. The number of aliphatic hydroxyl groups is 1. The number of fused-ring (bicyclic) bond motifs is 2. The zero-order chi connectivity index (χ0) is 30.2. The largest absolute Gasteiger partial charge is 0.395 e. The van der Waals surface area contributed by atoms with E-state index in [2.05, 4.69) is 27.0 Å². The number of likely N-dealkylation sites (N-methyl/N-ethyl adjacent to an activating group) is 1. The molecule has 9 nitrogen and oxygen atoms in total. The van der Waals surface area contributed by atoms with E-state index in [4.69, 9.17) is 0 Å². The second-order valence-corrected chi connectivity index (χ2v) is 13.6. The highest BCUT2D eigenvalue weighted by Gasteiger charge is 2.33. The molecule has 4 heterocycles. The van der Waals surface area contributed by atoms with Gasteiger partial charge in [-0.15, -0.1) is 22.7 Å². The van der Waals surface area contributed by atoms with Crippen molar-refractivity contribution in [1.29, 1.82) is 0 Å². The molecule has 0 aliphatic carbocycles. The van der Waals surface area contributed by atoms with Crippen molar-refractivity contribution in [3.8, 4) is 11.1 Å². The normalized spacial score (nSPS) is 14.2. The van der Waals surface area contributed by atoms with Gasteiger partial charge in [-0.2, -0.15) is 0 Å². The number of hydrogen-bond acceptors (Lipinski definition) is 9. The van der Waals surface area contributed by atoms with Crippen LogP contribution in [0, 0.1) is 6.92 Å². The van der Waals surface area contributed by atoms with E-state index in [1.165, 1.54) is 22.7 Å². The van der Waals surface area contributed by atoms with Gasteiger partial charge in [0.05, 0.1) is 12.3 Å². The molecule has 0 saturated carbocycles. The zero-order valence-electron chi connectivity index (χ0n) is 25.0. The van der Waals surface area contributed by atoms with Gasteiger partial charge in [-0.05, 0) is 75.3 Å². The minimum Gasteiger partial charge on any atom is -0.395 e. The van der Waals surface area contributed by atoms with Crippen LogP contribution < -0.4 is 9.80 Å². The first-order valence-corrected chi connectivity index (χ1v) is 16.1. The molecule has 2 amide bonds. The summed E-state index contributed by atoms with van der Waals surface area (Å²) in [5.74, 6) is -0.131. The fraction of sp³-hybridized carbons (Fsp3) is 0.375. The lowest BCUT2D eigenvalue weighted by atomic mass is 9.93. The Morgan fingerprint density at radius 3 is 2.07 bits per heavy atom. The topological polar surface area (TPSA) is 93.1 Å². The van der Waals surface area contributed by atoms with Gasteiger partial charge in [0, 0.05) is 60.0 Å². The van der Waals surface area contributed by atoms with Gasteiger partial charge in [-0.1, -0.05) is 24.3 Å². The first-order valence-electron chi connectivity index (χ1n) is 14.5. The fourth-order valence-corrected chi connectivity index (χ4v) is 8.05. The Balaban J connectivity index is 1.26. The molecule has 1 N–H and O–H groups in total. The molecule has 11 heteroatoms. The summed E-state index contributed by atoms with van der Waals surface area (Å²) in [4.78, 5) is 46.2. The van der Waals surface area contributed by atoms with Crippen LogP contribution in [0.1, 0.15) is 46.2 Å². The number of nitrogens with zero attached hydrogens (tertiary/aromatic N) is 6. The van der Waals surface area contributed by atoms with E-state index >= 15 is 0 Å². The highest BCUT2D eigenvalue weighted by molar-refractivity contribution is 7.14. The van der Waals surface area contributed by atoms with Gasteiger partial charge in [-0.25, -0.2) is 9.97 Å². The lowest BCUT2D eigenvalue weighted by Crippen LogP contribution is -2.28. The number of benzene rings is 2. The average molecular weight is 617 g/mol. The van der Waals surface area contributed by atoms with Crippen molar-refractivity contribution in [2.45, 2.75) is 32.9 Å². The Morgan fingerprint density at radius 2 is 1.49 bits per heavy atom.